The molecule has 2 aromatic rings. The van der Waals surface area contributed by atoms with Gasteiger partial charge >= 0.3 is 0 Å². The van der Waals surface area contributed by atoms with Gasteiger partial charge < -0.3 is 5.32 Å². The van der Waals surface area contributed by atoms with Crippen LogP contribution in [-0.4, -0.2) is 16.2 Å². The number of benzene rings is 1. The molecule has 1 aliphatic carbocycles. The summed E-state index contributed by atoms with van der Waals surface area (Å²) in [4.78, 5) is 1.28. The lowest BCUT2D eigenvalue weighted by Crippen LogP contribution is -2.15. The summed E-state index contributed by atoms with van der Waals surface area (Å²) in [6, 6.07) is 9.24. The summed E-state index contributed by atoms with van der Waals surface area (Å²) >= 11 is 3.28. The van der Waals surface area contributed by atoms with E-state index < -0.39 is 0 Å². The van der Waals surface area contributed by atoms with Crippen LogP contribution in [0.2, 0.25) is 0 Å². The molecule has 1 saturated carbocycles. The van der Waals surface area contributed by atoms with E-state index in [1.165, 1.54) is 23.3 Å². The number of hydrogen-bond acceptors (Lipinski definition) is 5. The second kappa shape index (κ2) is 5.16. The van der Waals surface area contributed by atoms with Crippen LogP contribution >= 0.6 is 23.1 Å². The molecule has 0 atom stereocenters. The highest BCUT2D eigenvalue weighted by Gasteiger charge is 2.20. The highest BCUT2D eigenvalue weighted by atomic mass is 32.2. The van der Waals surface area contributed by atoms with Crippen LogP contribution in [0.4, 0.5) is 0 Å². The second-order valence-corrected chi connectivity index (χ2v) is 6.19. The minimum atomic E-state index is 0.745. The SMILES string of the molecule is c1ccc(Sc2nncs2)c(CNC2CC2)c1. The number of nitrogens with zero attached hydrogens (tertiary/aromatic N) is 2. The van der Waals surface area contributed by atoms with Crippen molar-refractivity contribution in [1.29, 1.82) is 0 Å². The first-order valence-electron chi connectivity index (χ1n) is 5.67. The summed E-state index contributed by atoms with van der Waals surface area (Å²) in [5.74, 6) is 0. The molecule has 1 aromatic heterocycles. The van der Waals surface area contributed by atoms with E-state index in [2.05, 4.69) is 39.8 Å². The summed E-state index contributed by atoms with van der Waals surface area (Å²) < 4.78 is 1.00. The number of aromatic nitrogens is 2. The molecule has 1 heterocycles. The molecule has 0 radical (unpaired) electrons. The van der Waals surface area contributed by atoms with E-state index >= 15 is 0 Å². The molecule has 0 unspecified atom stereocenters. The van der Waals surface area contributed by atoms with Gasteiger partial charge in [0, 0.05) is 17.5 Å². The molecular formula is C12H13N3S2. The molecule has 0 aliphatic heterocycles. The maximum Gasteiger partial charge on any atom is 0.178 e. The first kappa shape index (κ1) is 11.2. The van der Waals surface area contributed by atoms with Crippen molar-refractivity contribution >= 4 is 23.1 Å². The van der Waals surface area contributed by atoms with Crippen molar-refractivity contribution < 1.29 is 0 Å². The number of nitrogens with one attached hydrogen (secondary N) is 1. The fourth-order valence-corrected chi connectivity index (χ4v) is 3.16. The fourth-order valence-electron chi connectivity index (χ4n) is 1.59. The zero-order valence-electron chi connectivity index (χ0n) is 9.30. The van der Waals surface area contributed by atoms with Gasteiger partial charge in [-0.3, -0.25) is 0 Å². The molecule has 1 fully saturated rings. The van der Waals surface area contributed by atoms with E-state index in [9.17, 15) is 0 Å². The smallest absolute Gasteiger partial charge is 0.178 e. The third kappa shape index (κ3) is 3.06. The Balaban J connectivity index is 1.72. The summed E-state index contributed by atoms with van der Waals surface area (Å²) in [5, 5.41) is 11.5. The van der Waals surface area contributed by atoms with E-state index in [-0.39, 0.29) is 0 Å². The van der Waals surface area contributed by atoms with Gasteiger partial charge in [-0.05, 0) is 24.5 Å². The summed E-state index contributed by atoms with van der Waals surface area (Å²) in [6.07, 6.45) is 2.65. The number of rotatable bonds is 5. The molecule has 17 heavy (non-hydrogen) atoms. The Morgan fingerprint density at radius 1 is 1.35 bits per heavy atom. The van der Waals surface area contributed by atoms with Crippen LogP contribution in [-0.2, 0) is 6.54 Å². The van der Waals surface area contributed by atoms with Crippen LogP contribution in [0, 0.1) is 0 Å². The molecule has 0 amide bonds. The highest BCUT2D eigenvalue weighted by Crippen LogP contribution is 2.31. The summed E-state index contributed by atoms with van der Waals surface area (Å²) in [5.41, 5.74) is 3.12. The minimum Gasteiger partial charge on any atom is -0.310 e. The predicted octanol–water partition coefficient (Wildman–Crippen LogP) is 2.94. The number of hydrogen-bond donors (Lipinski definition) is 1. The Bertz CT molecular complexity index is 480. The van der Waals surface area contributed by atoms with Crippen molar-refractivity contribution in [2.24, 2.45) is 0 Å². The lowest BCUT2D eigenvalue weighted by atomic mass is 10.2. The van der Waals surface area contributed by atoms with E-state index in [0.29, 0.717) is 0 Å². The molecule has 5 heteroatoms. The van der Waals surface area contributed by atoms with Gasteiger partial charge in [-0.2, -0.15) is 0 Å². The van der Waals surface area contributed by atoms with Crippen LogP contribution in [0.3, 0.4) is 0 Å². The maximum absolute atomic E-state index is 4.07. The Morgan fingerprint density at radius 3 is 3.00 bits per heavy atom. The van der Waals surface area contributed by atoms with Gasteiger partial charge in [-0.25, -0.2) is 0 Å². The van der Waals surface area contributed by atoms with Crippen LogP contribution in [0.5, 0.6) is 0 Å². The van der Waals surface area contributed by atoms with Crippen LogP contribution in [0.1, 0.15) is 18.4 Å². The maximum atomic E-state index is 4.07. The van der Waals surface area contributed by atoms with Crippen molar-refractivity contribution in [3.8, 4) is 0 Å². The van der Waals surface area contributed by atoms with Crippen LogP contribution < -0.4 is 5.32 Å². The molecular weight excluding hydrogens is 250 g/mol. The Morgan fingerprint density at radius 2 is 2.24 bits per heavy atom. The third-order valence-electron chi connectivity index (χ3n) is 2.67. The van der Waals surface area contributed by atoms with Crippen molar-refractivity contribution in [3.63, 3.8) is 0 Å². The van der Waals surface area contributed by atoms with Crippen LogP contribution in [0.25, 0.3) is 0 Å². The lowest BCUT2D eigenvalue weighted by molar-refractivity contribution is 0.680. The topological polar surface area (TPSA) is 37.8 Å². The average molecular weight is 263 g/mol. The molecule has 1 N–H and O–H groups in total. The van der Waals surface area contributed by atoms with E-state index in [1.54, 1.807) is 28.6 Å². The largest absolute Gasteiger partial charge is 0.310 e. The lowest BCUT2D eigenvalue weighted by Gasteiger charge is -2.08. The van der Waals surface area contributed by atoms with Crippen LogP contribution in [0.15, 0.2) is 39.0 Å². The van der Waals surface area contributed by atoms with Crippen molar-refractivity contribution in [3.05, 3.63) is 35.3 Å². The molecule has 1 aliphatic rings. The van der Waals surface area contributed by atoms with Crippen molar-refractivity contribution in [1.82, 2.24) is 15.5 Å². The van der Waals surface area contributed by atoms with E-state index in [0.717, 1.165) is 16.9 Å². The standard InChI is InChI=1S/C12H13N3S2/c1-2-4-11(17-12-15-14-8-16-12)9(3-1)7-13-10-5-6-10/h1-4,8,10,13H,5-7H2. The van der Waals surface area contributed by atoms with Gasteiger partial charge in [0.1, 0.15) is 5.51 Å². The Hall–Kier alpha value is -0.910. The minimum absolute atomic E-state index is 0.745. The van der Waals surface area contributed by atoms with Crippen molar-refractivity contribution in [2.45, 2.75) is 34.7 Å². The summed E-state index contributed by atoms with van der Waals surface area (Å²) in [6.45, 7) is 0.951. The normalized spacial score (nSPS) is 15.1. The molecule has 3 rings (SSSR count). The first-order chi connectivity index (χ1) is 8.42. The van der Waals surface area contributed by atoms with Gasteiger partial charge in [0.2, 0.25) is 0 Å². The van der Waals surface area contributed by atoms with E-state index in [4.69, 9.17) is 0 Å². The quantitative estimate of drug-likeness (QED) is 0.900. The predicted molar refractivity (Wildman–Crippen MR) is 70.3 cm³/mol. The zero-order chi connectivity index (χ0) is 11.5. The molecule has 3 nitrogen and oxygen atoms in total. The zero-order valence-corrected chi connectivity index (χ0v) is 10.9. The molecule has 0 saturated heterocycles. The molecule has 88 valence electrons. The molecule has 0 bridgehead atoms. The van der Waals surface area contributed by atoms with Gasteiger partial charge in [0.25, 0.3) is 0 Å². The van der Waals surface area contributed by atoms with Gasteiger partial charge in [0.15, 0.2) is 4.34 Å². The summed E-state index contributed by atoms with van der Waals surface area (Å²) in [7, 11) is 0. The second-order valence-electron chi connectivity index (χ2n) is 4.07. The Kier molecular flexibility index (Phi) is 3.40. The monoisotopic (exact) mass is 263 g/mol. The first-order valence-corrected chi connectivity index (χ1v) is 7.37. The molecule has 0 spiro atoms. The van der Waals surface area contributed by atoms with Gasteiger partial charge in [0.05, 0.1) is 0 Å². The Labute approximate surface area is 109 Å². The highest BCUT2D eigenvalue weighted by molar-refractivity contribution is 8.01. The molecule has 1 aromatic carbocycles. The van der Waals surface area contributed by atoms with Gasteiger partial charge in [-0.1, -0.05) is 41.3 Å². The fraction of sp³-hybridized carbons (Fsp3) is 0.333. The van der Waals surface area contributed by atoms with Gasteiger partial charge in [-0.15, -0.1) is 10.2 Å². The van der Waals surface area contributed by atoms with E-state index in [1.807, 2.05) is 0 Å². The third-order valence-corrected chi connectivity index (χ3v) is 4.56. The van der Waals surface area contributed by atoms with Crippen molar-refractivity contribution in [2.75, 3.05) is 0 Å². The average Bonchev–Trinajstić information content (AvgIpc) is 3.05.